The molecule has 5 rings (SSSR count). The van der Waals surface area contributed by atoms with Crippen LogP contribution in [0.1, 0.15) is 65.4 Å². The molecule has 45 heavy (non-hydrogen) atoms. The van der Waals surface area contributed by atoms with Crippen molar-refractivity contribution in [3.8, 4) is 0 Å². The number of aromatic nitrogens is 5. The Bertz CT molecular complexity index is 1680. The van der Waals surface area contributed by atoms with E-state index in [1.165, 1.54) is 25.9 Å². The summed E-state index contributed by atoms with van der Waals surface area (Å²) < 4.78 is 60.1. The van der Waals surface area contributed by atoms with Crippen LogP contribution in [0.4, 0.5) is 24.7 Å². The minimum absolute atomic E-state index is 0.0342. The summed E-state index contributed by atoms with van der Waals surface area (Å²) in [4.78, 5) is 38.9. The predicted molar refractivity (Wildman–Crippen MR) is 154 cm³/mol. The van der Waals surface area contributed by atoms with Crippen molar-refractivity contribution in [2.45, 2.75) is 62.8 Å². The molecule has 1 saturated heterocycles. The van der Waals surface area contributed by atoms with E-state index in [4.69, 9.17) is 21.4 Å². The Morgan fingerprint density at radius 2 is 1.82 bits per heavy atom. The van der Waals surface area contributed by atoms with Gasteiger partial charge < -0.3 is 27.2 Å². The highest BCUT2D eigenvalue weighted by atomic mass is 32.2. The molecule has 0 aromatic carbocycles. The SMILES string of the molecule is CS(=O)(=O)N1CCCC(n2cc(NC(=O)c3cnn4ccc(N[C@@H]5CCCC[C@@H]5N)nc34)c(C(N)=O)n2)C1.O=C(O)C(F)(F)F. The molecule has 3 aromatic heterocycles. The van der Waals surface area contributed by atoms with Crippen LogP contribution in [-0.4, -0.2) is 97.6 Å². The van der Waals surface area contributed by atoms with Crippen molar-refractivity contribution in [1.29, 1.82) is 0 Å². The Balaban J connectivity index is 0.000000591. The number of carbonyl (C=O) groups excluding carboxylic acids is 2. The van der Waals surface area contributed by atoms with Gasteiger partial charge in [0.05, 0.1) is 24.2 Å². The van der Waals surface area contributed by atoms with E-state index in [1.807, 2.05) is 0 Å². The molecule has 7 N–H and O–H groups in total. The van der Waals surface area contributed by atoms with Gasteiger partial charge in [0.1, 0.15) is 11.4 Å². The molecule has 3 atom stereocenters. The number of amides is 2. The fraction of sp³-hybridized carbons (Fsp3) is 0.520. The van der Waals surface area contributed by atoms with Gasteiger partial charge in [-0.3, -0.25) is 14.3 Å². The molecule has 1 aliphatic carbocycles. The van der Waals surface area contributed by atoms with Gasteiger partial charge in [0.2, 0.25) is 10.0 Å². The maximum atomic E-state index is 13.3. The number of hydrogen-bond donors (Lipinski definition) is 5. The molecule has 4 heterocycles. The third-order valence-electron chi connectivity index (χ3n) is 7.42. The molecule has 1 saturated carbocycles. The van der Waals surface area contributed by atoms with Crippen molar-refractivity contribution in [3.05, 3.63) is 35.9 Å². The van der Waals surface area contributed by atoms with E-state index in [-0.39, 0.29) is 41.6 Å². The van der Waals surface area contributed by atoms with E-state index in [1.54, 1.807) is 12.3 Å². The summed E-state index contributed by atoms with van der Waals surface area (Å²) in [5.41, 5.74) is 12.3. The van der Waals surface area contributed by atoms with Crippen molar-refractivity contribution in [2.24, 2.45) is 11.5 Å². The van der Waals surface area contributed by atoms with Crippen LogP contribution in [0.2, 0.25) is 0 Å². The molecule has 2 aliphatic rings. The van der Waals surface area contributed by atoms with Crippen molar-refractivity contribution < 1.29 is 41.1 Å². The molecule has 246 valence electrons. The number of hydrogen-bond acceptors (Lipinski definition) is 10. The zero-order valence-electron chi connectivity index (χ0n) is 24.1. The van der Waals surface area contributed by atoms with Crippen molar-refractivity contribution in [3.63, 3.8) is 0 Å². The van der Waals surface area contributed by atoms with Crippen LogP contribution in [0.25, 0.3) is 5.65 Å². The third-order valence-corrected chi connectivity index (χ3v) is 8.69. The Morgan fingerprint density at radius 3 is 2.44 bits per heavy atom. The van der Waals surface area contributed by atoms with Crippen molar-refractivity contribution in [2.75, 3.05) is 30.0 Å². The Kier molecular flexibility index (Phi) is 9.98. The van der Waals surface area contributed by atoms with Gasteiger partial charge >= 0.3 is 12.1 Å². The summed E-state index contributed by atoms with van der Waals surface area (Å²) in [7, 11) is -3.37. The molecule has 2 amide bonds. The first-order valence-electron chi connectivity index (χ1n) is 13.9. The fourth-order valence-corrected chi connectivity index (χ4v) is 6.02. The number of rotatable bonds is 7. The lowest BCUT2D eigenvalue weighted by Gasteiger charge is -2.30. The number of fused-ring (bicyclic) bond motifs is 1. The summed E-state index contributed by atoms with van der Waals surface area (Å²) in [6.07, 6.45) is 6.09. The standard InChI is InChI=1S/C23H32N10O4S.C2HF3O2/c1-38(36,37)31-9-4-5-14(12-31)33-13-18(20(30-33)21(25)34)28-23(35)15-11-26-32-10-8-19(29-22(15)32)27-17-7-3-2-6-16(17)24;3-2(4,5)1(6)7/h8,10-11,13-14,16-17H,2-7,9,12,24H2,1H3,(H2,25,34)(H,27,29)(H,28,35);(H,6,7)/t14?,16-,17+;/m0./s1. The smallest absolute Gasteiger partial charge is 0.475 e. The lowest BCUT2D eigenvalue weighted by Crippen LogP contribution is -2.42. The second kappa shape index (κ2) is 13.4. The highest BCUT2D eigenvalue weighted by Crippen LogP contribution is 2.26. The number of primary amides is 1. The van der Waals surface area contributed by atoms with Gasteiger partial charge in [0.25, 0.3) is 11.8 Å². The molecule has 2 fully saturated rings. The zero-order valence-corrected chi connectivity index (χ0v) is 24.9. The average molecular weight is 659 g/mol. The van der Waals surface area contributed by atoms with Crippen molar-refractivity contribution >= 4 is 45.0 Å². The monoisotopic (exact) mass is 658 g/mol. The first kappa shape index (κ1) is 33.6. The van der Waals surface area contributed by atoms with Gasteiger partial charge in [0.15, 0.2) is 11.3 Å². The van der Waals surface area contributed by atoms with Gasteiger partial charge in [-0.2, -0.15) is 23.4 Å². The maximum Gasteiger partial charge on any atom is 0.490 e. The van der Waals surface area contributed by atoms with Gasteiger partial charge in [-0.25, -0.2) is 27.0 Å². The quantitative estimate of drug-likeness (QED) is 0.242. The highest BCUT2D eigenvalue weighted by molar-refractivity contribution is 7.88. The first-order chi connectivity index (χ1) is 21.0. The number of halogens is 3. The normalized spacial score (nSPS) is 21.0. The molecule has 3 aromatic rings. The van der Waals surface area contributed by atoms with Crippen LogP contribution in [0.5, 0.6) is 0 Å². The summed E-state index contributed by atoms with van der Waals surface area (Å²) in [5, 5.41) is 21.7. The number of carbonyl (C=O) groups is 3. The van der Waals surface area contributed by atoms with E-state index >= 15 is 0 Å². The molecule has 20 heteroatoms. The van der Waals surface area contributed by atoms with Crippen LogP contribution in [0.15, 0.2) is 24.7 Å². The Labute approximate surface area is 255 Å². The number of carboxylic acids is 1. The highest BCUT2D eigenvalue weighted by Gasteiger charge is 2.38. The number of alkyl halides is 3. The number of nitrogens with one attached hydrogen (secondary N) is 2. The average Bonchev–Trinajstić information content (AvgIpc) is 3.58. The molecule has 0 spiro atoms. The molecule has 1 aliphatic heterocycles. The molecule has 1 unspecified atom stereocenters. The maximum absolute atomic E-state index is 13.3. The minimum Gasteiger partial charge on any atom is -0.475 e. The minimum atomic E-state index is -5.08. The van der Waals surface area contributed by atoms with Gasteiger partial charge in [-0.05, 0) is 31.7 Å². The lowest BCUT2D eigenvalue weighted by molar-refractivity contribution is -0.192. The molecular formula is C25H33F3N10O6S. The molecular weight excluding hydrogens is 625 g/mol. The lowest BCUT2D eigenvalue weighted by atomic mass is 9.91. The number of piperidine rings is 1. The van der Waals surface area contributed by atoms with E-state index in [0.29, 0.717) is 30.9 Å². The summed E-state index contributed by atoms with van der Waals surface area (Å²) >= 11 is 0. The largest absolute Gasteiger partial charge is 0.490 e. The number of carboxylic acid groups (broad SMARTS) is 1. The van der Waals surface area contributed by atoms with E-state index < -0.39 is 34.0 Å². The van der Waals surface area contributed by atoms with Gasteiger partial charge in [0, 0.05) is 37.6 Å². The molecule has 16 nitrogen and oxygen atoms in total. The summed E-state index contributed by atoms with van der Waals surface area (Å²) in [5.74, 6) is -3.52. The van der Waals surface area contributed by atoms with Crippen LogP contribution in [0.3, 0.4) is 0 Å². The van der Waals surface area contributed by atoms with Crippen molar-refractivity contribution in [1.82, 2.24) is 28.7 Å². The number of nitrogens with two attached hydrogens (primary N) is 2. The predicted octanol–water partition coefficient (Wildman–Crippen LogP) is 1.19. The molecule has 0 bridgehead atoms. The van der Waals surface area contributed by atoms with E-state index in [2.05, 4.69) is 25.8 Å². The number of sulfonamides is 1. The topological polar surface area (TPSA) is 233 Å². The first-order valence-corrected chi connectivity index (χ1v) is 15.7. The van der Waals surface area contributed by atoms with Crippen LogP contribution >= 0.6 is 0 Å². The third kappa shape index (κ3) is 8.25. The van der Waals surface area contributed by atoms with E-state index in [0.717, 1.165) is 31.9 Å². The number of anilines is 2. The Hall–Kier alpha value is -4.30. The number of nitrogens with zero attached hydrogens (tertiary/aromatic N) is 6. The van der Waals surface area contributed by atoms with Gasteiger partial charge in [-0.1, -0.05) is 12.8 Å². The Morgan fingerprint density at radius 1 is 1.13 bits per heavy atom. The van der Waals surface area contributed by atoms with E-state index in [9.17, 15) is 31.2 Å². The number of aliphatic carboxylic acids is 1. The van der Waals surface area contributed by atoms with Crippen LogP contribution in [0, 0.1) is 0 Å². The van der Waals surface area contributed by atoms with Crippen LogP contribution < -0.4 is 22.1 Å². The van der Waals surface area contributed by atoms with Gasteiger partial charge in [-0.15, -0.1) is 0 Å². The second-order valence-corrected chi connectivity index (χ2v) is 12.7. The molecule has 0 radical (unpaired) electrons. The summed E-state index contributed by atoms with van der Waals surface area (Å²) in [6, 6.07) is 1.61. The summed E-state index contributed by atoms with van der Waals surface area (Å²) in [6.45, 7) is 0.638. The fourth-order valence-electron chi connectivity index (χ4n) is 5.12. The zero-order chi connectivity index (χ0) is 33.1. The van der Waals surface area contributed by atoms with Crippen LogP contribution in [-0.2, 0) is 14.8 Å². The second-order valence-electron chi connectivity index (χ2n) is 10.7.